The molecule has 2 saturated carbocycles. The van der Waals surface area contributed by atoms with Gasteiger partial charge in [-0.2, -0.15) is 5.10 Å². The fraction of sp³-hybridized carbons (Fsp3) is 0.571. The quantitative estimate of drug-likeness (QED) is 0.829. The maximum absolute atomic E-state index is 12.3. The summed E-state index contributed by atoms with van der Waals surface area (Å²) >= 11 is 0. The molecule has 2 bridgehead atoms. The van der Waals surface area contributed by atoms with Crippen LogP contribution in [0, 0.1) is 16.7 Å². The first-order valence-corrected chi connectivity index (χ1v) is 9.71. The molecule has 144 valence electrons. The summed E-state index contributed by atoms with van der Waals surface area (Å²) in [7, 11) is 0. The van der Waals surface area contributed by atoms with Gasteiger partial charge in [0.05, 0.1) is 5.69 Å². The number of hydrazone groups is 1. The molecule has 2 aliphatic carbocycles. The largest absolute Gasteiger partial charge is 0.482 e. The molecule has 6 nitrogen and oxygen atoms in total. The Hall–Kier alpha value is -2.37. The normalized spacial score (nSPS) is 29.6. The summed E-state index contributed by atoms with van der Waals surface area (Å²) in [5, 5.41) is 4.49. The molecule has 6 heteroatoms. The van der Waals surface area contributed by atoms with E-state index in [1.165, 1.54) is 6.42 Å². The molecule has 2 fully saturated rings. The molecule has 1 N–H and O–H groups in total. The fourth-order valence-electron chi connectivity index (χ4n) is 4.90. The molecule has 2 amide bonds. The summed E-state index contributed by atoms with van der Waals surface area (Å²) in [5.74, 6) is 1.04. The average Bonchev–Trinajstić information content (AvgIpc) is 2.99. The zero-order valence-electron chi connectivity index (χ0n) is 16.2. The molecule has 0 radical (unpaired) electrons. The van der Waals surface area contributed by atoms with Crippen molar-refractivity contribution in [2.45, 2.75) is 46.5 Å². The van der Waals surface area contributed by atoms with Crippen LogP contribution in [0.5, 0.6) is 5.75 Å². The summed E-state index contributed by atoms with van der Waals surface area (Å²) in [6.45, 7) is 7.23. The lowest BCUT2D eigenvalue weighted by Gasteiger charge is -2.34. The molecule has 4 rings (SSSR count). The number of amides is 2. The van der Waals surface area contributed by atoms with E-state index in [4.69, 9.17) is 4.74 Å². The van der Waals surface area contributed by atoms with Gasteiger partial charge in [-0.1, -0.05) is 32.9 Å². The number of benzene rings is 1. The topological polar surface area (TPSA) is 71.0 Å². The fourth-order valence-corrected chi connectivity index (χ4v) is 4.90. The molecule has 0 unspecified atom stereocenters. The van der Waals surface area contributed by atoms with Gasteiger partial charge in [-0.3, -0.25) is 9.59 Å². The molecule has 1 heterocycles. The van der Waals surface area contributed by atoms with Gasteiger partial charge in [-0.15, -0.1) is 0 Å². The number of nitrogens with zero attached hydrogens (tertiary/aromatic N) is 2. The van der Waals surface area contributed by atoms with Gasteiger partial charge in [-0.25, -0.2) is 5.43 Å². The van der Waals surface area contributed by atoms with E-state index in [2.05, 4.69) is 31.3 Å². The second-order valence-corrected chi connectivity index (χ2v) is 8.64. The number of rotatable bonds is 4. The van der Waals surface area contributed by atoms with E-state index in [0.717, 1.165) is 24.2 Å². The molecule has 27 heavy (non-hydrogen) atoms. The van der Waals surface area contributed by atoms with Crippen LogP contribution in [0.1, 0.15) is 46.5 Å². The van der Waals surface area contributed by atoms with Gasteiger partial charge >= 0.3 is 0 Å². The standard InChI is InChI=1S/C21H27N3O3/c1-20(2)14-8-10-21(20,3)17(12-14)22-23-18(25)9-11-24-15-6-4-5-7-16(15)27-13-19(24)26/h4-7,14H,8-13H2,1-3H3,(H,23,25)/b22-17+/t14-,21-/m1/s1. The molecular formula is C21H27N3O3. The SMILES string of the molecule is CC1(C)[C@@H]2CC[C@]1(C)/C(=N/NC(=O)CCN1C(=O)COc3ccccc31)C2. The van der Waals surface area contributed by atoms with Crippen LogP contribution in [-0.4, -0.2) is 30.7 Å². The van der Waals surface area contributed by atoms with Crippen molar-refractivity contribution in [3.05, 3.63) is 24.3 Å². The highest BCUT2D eigenvalue weighted by atomic mass is 16.5. The minimum absolute atomic E-state index is 0.00968. The zero-order valence-corrected chi connectivity index (χ0v) is 16.2. The van der Waals surface area contributed by atoms with Crippen LogP contribution in [0.3, 0.4) is 0 Å². The first kappa shape index (κ1) is 18.0. The number of hydrogen-bond acceptors (Lipinski definition) is 4. The van der Waals surface area contributed by atoms with Crippen molar-refractivity contribution in [2.24, 2.45) is 21.8 Å². The van der Waals surface area contributed by atoms with E-state index in [1.807, 2.05) is 24.3 Å². The predicted octanol–water partition coefficient (Wildman–Crippen LogP) is 3.12. The van der Waals surface area contributed by atoms with Crippen molar-refractivity contribution in [2.75, 3.05) is 18.1 Å². The summed E-state index contributed by atoms with van der Waals surface area (Å²) in [6, 6.07) is 7.39. The lowest BCUT2D eigenvalue weighted by molar-refractivity contribution is -0.122. The van der Waals surface area contributed by atoms with E-state index in [1.54, 1.807) is 4.90 Å². The minimum atomic E-state index is -0.163. The number of fused-ring (bicyclic) bond motifs is 3. The molecule has 1 aromatic carbocycles. The molecule has 0 saturated heterocycles. The number of hydrogen-bond donors (Lipinski definition) is 1. The Morgan fingerprint density at radius 1 is 1.33 bits per heavy atom. The second-order valence-electron chi connectivity index (χ2n) is 8.64. The van der Waals surface area contributed by atoms with Crippen molar-refractivity contribution in [1.82, 2.24) is 5.43 Å². The van der Waals surface area contributed by atoms with Crippen molar-refractivity contribution in [1.29, 1.82) is 0 Å². The van der Waals surface area contributed by atoms with Gasteiger partial charge in [0.1, 0.15) is 5.75 Å². The summed E-state index contributed by atoms with van der Waals surface area (Å²) in [5.41, 5.74) is 4.87. The van der Waals surface area contributed by atoms with E-state index in [9.17, 15) is 9.59 Å². The van der Waals surface area contributed by atoms with Crippen LogP contribution >= 0.6 is 0 Å². The molecule has 1 aliphatic heterocycles. The smallest absolute Gasteiger partial charge is 0.265 e. The van der Waals surface area contributed by atoms with Gasteiger partial charge in [0.15, 0.2) is 6.61 Å². The van der Waals surface area contributed by atoms with Crippen LogP contribution in [0.25, 0.3) is 0 Å². The molecule has 0 spiro atoms. The molecule has 1 aromatic rings. The van der Waals surface area contributed by atoms with Crippen LogP contribution < -0.4 is 15.1 Å². The Morgan fingerprint density at radius 3 is 2.81 bits per heavy atom. The van der Waals surface area contributed by atoms with Crippen molar-refractivity contribution >= 4 is 23.2 Å². The maximum atomic E-state index is 12.3. The second kappa shape index (κ2) is 6.36. The lowest BCUT2D eigenvalue weighted by Crippen LogP contribution is -2.41. The van der Waals surface area contributed by atoms with Gasteiger partial charge in [0.25, 0.3) is 5.91 Å². The van der Waals surface area contributed by atoms with E-state index < -0.39 is 0 Å². The van der Waals surface area contributed by atoms with Crippen molar-refractivity contribution in [3.8, 4) is 5.75 Å². The number of carbonyl (C=O) groups is 2. The molecule has 2 atom stereocenters. The van der Waals surface area contributed by atoms with Crippen LogP contribution in [-0.2, 0) is 9.59 Å². The third kappa shape index (κ3) is 2.82. The highest BCUT2D eigenvalue weighted by Crippen LogP contribution is 2.63. The highest BCUT2D eigenvalue weighted by Gasteiger charge is 2.60. The Labute approximate surface area is 159 Å². The summed E-state index contributed by atoms with van der Waals surface area (Å²) < 4.78 is 5.43. The molecule has 0 aromatic heterocycles. The number of carbonyl (C=O) groups excluding carboxylic acids is 2. The first-order valence-electron chi connectivity index (χ1n) is 9.71. The van der Waals surface area contributed by atoms with E-state index in [0.29, 0.717) is 18.2 Å². The van der Waals surface area contributed by atoms with Gasteiger partial charge in [0.2, 0.25) is 5.91 Å². The third-order valence-corrected chi connectivity index (χ3v) is 7.20. The lowest BCUT2D eigenvalue weighted by atomic mass is 9.70. The number of nitrogens with one attached hydrogen (secondary N) is 1. The molecule has 3 aliphatic rings. The number of para-hydroxylation sites is 2. The van der Waals surface area contributed by atoms with Crippen LogP contribution in [0.4, 0.5) is 5.69 Å². The summed E-state index contributed by atoms with van der Waals surface area (Å²) in [6.07, 6.45) is 3.56. The minimum Gasteiger partial charge on any atom is -0.482 e. The maximum Gasteiger partial charge on any atom is 0.265 e. The van der Waals surface area contributed by atoms with E-state index >= 15 is 0 Å². The highest BCUT2D eigenvalue weighted by molar-refractivity contribution is 5.98. The van der Waals surface area contributed by atoms with Crippen LogP contribution in [0.15, 0.2) is 29.4 Å². The van der Waals surface area contributed by atoms with Gasteiger partial charge in [0, 0.05) is 24.1 Å². The third-order valence-electron chi connectivity index (χ3n) is 7.20. The van der Waals surface area contributed by atoms with Crippen LogP contribution in [0.2, 0.25) is 0 Å². The first-order chi connectivity index (χ1) is 12.8. The number of ether oxygens (including phenoxy) is 1. The molecular weight excluding hydrogens is 342 g/mol. The zero-order chi connectivity index (χ0) is 19.2. The Balaban J connectivity index is 1.38. The number of anilines is 1. The Bertz CT molecular complexity index is 817. The Morgan fingerprint density at radius 2 is 2.11 bits per heavy atom. The summed E-state index contributed by atoms with van der Waals surface area (Å²) in [4.78, 5) is 26.1. The van der Waals surface area contributed by atoms with Crippen molar-refractivity contribution < 1.29 is 14.3 Å². The monoisotopic (exact) mass is 369 g/mol. The average molecular weight is 369 g/mol. The van der Waals surface area contributed by atoms with Gasteiger partial charge < -0.3 is 9.64 Å². The predicted molar refractivity (Wildman–Crippen MR) is 104 cm³/mol. The van der Waals surface area contributed by atoms with E-state index in [-0.39, 0.29) is 35.7 Å². The van der Waals surface area contributed by atoms with Crippen molar-refractivity contribution in [3.63, 3.8) is 0 Å². The Kier molecular flexibility index (Phi) is 4.24. The van der Waals surface area contributed by atoms with Gasteiger partial charge in [-0.05, 0) is 42.7 Å².